The number of urea groups is 1. The van der Waals surface area contributed by atoms with E-state index in [-0.39, 0.29) is 25.1 Å². The summed E-state index contributed by atoms with van der Waals surface area (Å²) >= 11 is 0. The standard InChI is InChI=1S/C15H21N3O4/c1-11-2-6-16-13(10-11)22-12-4-8-18(9-5-12)15(21)17-7-3-14(19)20/h2,6,10,12H,3-5,7-9H2,1H3,(H,17,21)(H,19,20). The maximum atomic E-state index is 11.9. The smallest absolute Gasteiger partial charge is 0.317 e. The molecule has 2 amide bonds. The molecule has 1 saturated heterocycles. The van der Waals surface area contributed by atoms with E-state index in [4.69, 9.17) is 9.84 Å². The second kappa shape index (κ2) is 7.63. The number of carboxylic acids is 1. The topological polar surface area (TPSA) is 91.8 Å². The minimum atomic E-state index is -0.918. The van der Waals surface area contributed by atoms with Gasteiger partial charge in [-0.1, -0.05) is 0 Å². The first-order valence-corrected chi connectivity index (χ1v) is 7.38. The van der Waals surface area contributed by atoms with E-state index in [0.717, 1.165) is 18.4 Å². The minimum absolute atomic E-state index is 0.0531. The van der Waals surface area contributed by atoms with E-state index in [2.05, 4.69) is 10.3 Å². The summed E-state index contributed by atoms with van der Waals surface area (Å²) in [7, 11) is 0. The molecule has 0 spiro atoms. The summed E-state index contributed by atoms with van der Waals surface area (Å²) in [5, 5.41) is 11.2. The molecule has 7 nitrogen and oxygen atoms in total. The fourth-order valence-corrected chi connectivity index (χ4v) is 2.31. The van der Waals surface area contributed by atoms with Crippen molar-refractivity contribution in [2.24, 2.45) is 0 Å². The van der Waals surface area contributed by atoms with Gasteiger partial charge in [0.2, 0.25) is 5.88 Å². The predicted molar refractivity (Wildman–Crippen MR) is 79.8 cm³/mol. The molecule has 0 saturated carbocycles. The molecule has 22 heavy (non-hydrogen) atoms. The second-order valence-corrected chi connectivity index (χ2v) is 5.35. The van der Waals surface area contributed by atoms with E-state index in [1.54, 1.807) is 11.1 Å². The molecule has 0 bridgehead atoms. The van der Waals surface area contributed by atoms with Crippen molar-refractivity contribution in [1.82, 2.24) is 15.2 Å². The molecule has 0 unspecified atom stereocenters. The van der Waals surface area contributed by atoms with E-state index in [1.807, 2.05) is 19.1 Å². The second-order valence-electron chi connectivity index (χ2n) is 5.35. The monoisotopic (exact) mass is 307 g/mol. The summed E-state index contributed by atoms with van der Waals surface area (Å²) in [6.07, 6.45) is 3.18. The summed E-state index contributed by atoms with van der Waals surface area (Å²) in [5.41, 5.74) is 1.10. The molecule has 1 fully saturated rings. The molecule has 7 heteroatoms. The highest BCUT2D eigenvalue weighted by molar-refractivity contribution is 5.75. The Labute approximate surface area is 129 Å². The maximum Gasteiger partial charge on any atom is 0.317 e. The molecule has 1 aliphatic heterocycles. The van der Waals surface area contributed by atoms with Crippen LogP contribution < -0.4 is 10.1 Å². The molecule has 2 heterocycles. The number of likely N-dealkylation sites (tertiary alicyclic amines) is 1. The van der Waals surface area contributed by atoms with Crippen molar-refractivity contribution in [2.45, 2.75) is 32.3 Å². The zero-order valence-electron chi connectivity index (χ0n) is 12.6. The third kappa shape index (κ3) is 4.91. The van der Waals surface area contributed by atoms with Crippen LogP contribution in [-0.4, -0.2) is 52.7 Å². The van der Waals surface area contributed by atoms with Crippen LogP contribution in [0.15, 0.2) is 18.3 Å². The highest BCUT2D eigenvalue weighted by atomic mass is 16.5. The van der Waals surface area contributed by atoms with Crippen LogP contribution >= 0.6 is 0 Å². The number of carboxylic acid groups (broad SMARTS) is 1. The number of hydrogen-bond acceptors (Lipinski definition) is 4. The number of ether oxygens (including phenoxy) is 1. The Balaban J connectivity index is 1.73. The fraction of sp³-hybridized carbons (Fsp3) is 0.533. The lowest BCUT2D eigenvalue weighted by Crippen LogP contribution is -2.46. The van der Waals surface area contributed by atoms with Gasteiger partial charge in [0.25, 0.3) is 0 Å². The normalized spacial score (nSPS) is 15.4. The van der Waals surface area contributed by atoms with Crippen molar-refractivity contribution >= 4 is 12.0 Å². The van der Waals surface area contributed by atoms with Crippen LogP contribution in [0.25, 0.3) is 0 Å². The van der Waals surface area contributed by atoms with E-state index < -0.39 is 5.97 Å². The van der Waals surface area contributed by atoms with Gasteiger partial charge in [-0.3, -0.25) is 4.79 Å². The van der Waals surface area contributed by atoms with E-state index >= 15 is 0 Å². The number of nitrogens with zero attached hydrogens (tertiary/aromatic N) is 2. The molecular formula is C15H21N3O4. The predicted octanol–water partition coefficient (Wildman–Crippen LogP) is 1.42. The number of amides is 2. The number of aromatic nitrogens is 1. The van der Waals surface area contributed by atoms with Gasteiger partial charge in [0.05, 0.1) is 6.42 Å². The van der Waals surface area contributed by atoms with Gasteiger partial charge in [-0.15, -0.1) is 0 Å². The quantitative estimate of drug-likeness (QED) is 0.858. The van der Waals surface area contributed by atoms with Crippen LogP contribution in [0.5, 0.6) is 5.88 Å². The average Bonchev–Trinajstić information content (AvgIpc) is 2.47. The summed E-state index contributed by atoms with van der Waals surface area (Å²) in [5.74, 6) is -0.303. The van der Waals surface area contributed by atoms with Crippen molar-refractivity contribution in [1.29, 1.82) is 0 Å². The van der Waals surface area contributed by atoms with Gasteiger partial charge >= 0.3 is 12.0 Å². The molecule has 1 aromatic heterocycles. The number of aryl methyl sites for hydroxylation is 1. The summed E-state index contributed by atoms with van der Waals surface area (Å²) in [6.45, 7) is 3.32. The number of carbonyl (C=O) groups excluding carboxylic acids is 1. The average molecular weight is 307 g/mol. The third-order valence-corrected chi connectivity index (χ3v) is 3.52. The fourth-order valence-electron chi connectivity index (χ4n) is 2.31. The van der Waals surface area contributed by atoms with Gasteiger partial charge < -0.3 is 20.1 Å². The van der Waals surface area contributed by atoms with Crippen molar-refractivity contribution in [3.05, 3.63) is 23.9 Å². The van der Waals surface area contributed by atoms with Crippen LogP contribution in [0.1, 0.15) is 24.8 Å². The molecular weight excluding hydrogens is 286 g/mol. The van der Waals surface area contributed by atoms with Crippen LogP contribution in [0.2, 0.25) is 0 Å². The van der Waals surface area contributed by atoms with Crippen LogP contribution in [0, 0.1) is 6.92 Å². The van der Waals surface area contributed by atoms with E-state index in [9.17, 15) is 9.59 Å². The van der Waals surface area contributed by atoms with Crippen LogP contribution in [-0.2, 0) is 4.79 Å². The Hall–Kier alpha value is -2.31. The van der Waals surface area contributed by atoms with Gasteiger partial charge in [0.1, 0.15) is 6.10 Å². The number of hydrogen-bond donors (Lipinski definition) is 2. The van der Waals surface area contributed by atoms with Gasteiger partial charge in [-0.2, -0.15) is 0 Å². The Morgan fingerprint density at radius 3 is 2.82 bits per heavy atom. The van der Waals surface area contributed by atoms with Crippen LogP contribution in [0.4, 0.5) is 4.79 Å². The highest BCUT2D eigenvalue weighted by Crippen LogP contribution is 2.17. The Bertz CT molecular complexity index is 527. The SMILES string of the molecule is Cc1ccnc(OC2CCN(C(=O)NCCC(=O)O)CC2)c1. The molecule has 2 rings (SSSR count). The first-order chi connectivity index (χ1) is 10.5. The zero-order valence-corrected chi connectivity index (χ0v) is 12.6. The van der Waals surface area contributed by atoms with Crippen molar-refractivity contribution in [3.63, 3.8) is 0 Å². The molecule has 1 aliphatic rings. The number of aliphatic carboxylic acids is 1. The van der Waals surface area contributed by atoms with Crippen molar-refractivity contribution in [3.8, 4) is 5.88 Å². The Kier molecular flexibility index (Phi) is 5.57. The number of nitrogens with one attached hydrogen (secondary N) is 1. The lowest BCUT2D eigenvalue weighted by Gasteiger charge is -2.31. The minimum Gasteiger partial charge on any atom is -0.481 e. The molecule has 0 radical (unpaired) electrons. The molecule has 120 valence electrons. The lowest BCUT2D eigenvalue weighted by molar-refractivity contribution is -0.136. The molecule has 0 atom stereocenters. The Morgan fingerprint density at radius 2 is 2.18 bits per heavy atom. The first kappa shape index (κ1) is 16.1. The van der Waals surface area contributed by atoms with Gasteiger partial charge in [-0.25, -0.2) is 9.78 Å². The number of rotatable bonds is 5. The summed E-state index contributed by atoms with van der Waals surface area (Å²) in [6, 6.07) is 3.59. The Morgan fingerprint density at radius 1 is 1.45 bits per heavy atom. The summed E-state index contributed by atoms with van der Waals surface area (Å²) in [4.78, 5) is 28.1. The molecule has 1 aromatic rings. The van der Waals surface area contributed by atoms with E-state index in [0.29, 0.717) is 19.0 Å². The van der Waals surface area contributed by atoms with Crippen molar-refractivity contribution in [2.75, 3.05) is 19.6 Å². The van der Waals surface area contributed by atoms with Crippen LogP contribution in [0.3, 0.4) is 0 Å². The maximum absolute atomic E-state index is 11.9. The zero-order chi connectivity index (χ0) is 15.9. The largest absolute Gasteiger partial charge is 0.481 e. The van der Waals surface area contributed by atoms with Gasteiger partial charge in [0, 0.05) is 44.7 Å². The summed E-state index contributed by atoms with van der Waals surface area (Å²) < 4.78 is 5.83. The highest BCUT2D eigenvalue weighted by Gasteiger charge is 2.24. The van der Waals surface area contributed by atoms with Gasteiger partial charge in [0.15, 0.2) is 0 Å². The molecule has 0 aliphatic carbocycles. The lowest BCUT2D eigenvalue weighted by atomic mass is 10.1. The molecule has 2 N–H and O–H groups in total. The van der Waals surface area contributed by atoms with Gasteiger partial charge in [-0.05, 0) is 18.6 Å². The van der Waals surface area contributed by atoms with Crippen molar-refractivity contribution < 1.29 is 19.4 Å². The number of piperidine rings is 1. The molecule has 0 aromatic carbocycles. The van der Waals surface area contributed by atoms with E-state index in [1.165, 1.54) is 0 Å². The number of pyridine rings is 1. The third-order valence-electron chi connectivity index (χ3n) is 3.52. The number of carbonyl (C=O) groups is 2. The first-order valence-electron chi connectivity index (χ1n) is 7.38.